The average molecular weight is 353 g/mol. The van der Waals surface area contributed by atoms with Crippen LogP contribution < -0.4 is 0 Å². The Morgan fingerprint density at radius 2 is 2.13 bits per heavy atom. The van der Waals surface area contributed by atoms with E-state index >= 15 is 0 Å². The summed E-state index contributed by atoms with van der Waals surface area (Å²) in [6.45, 7) is 2.41. The number of esters is 2. The van der Waals surface area contributed by atoms with Crippen molar-refractivity contribution in [2.45, 2.75) is 35.8 Å². The molecule has 5 nitrogen and oxygen atoms in total. The van der Waals surface area contributed by atoms with E-state index in [4.69, 9.17) is 9.47 Å². The zero-order valence-corrected chi connectivity index (χ0v) is 14.7. The number of aromatic nitrogens is 1. The van der Waals surface area contributed by atoms with Crippen LogP contribution in [0.1, 0.15) is 26.2 Å². The summed E-state index contributed by atoms with van der Waals surface area (Å²) in [5, 5.41) is -0.644. The van der Waals surface area contributed by atoms with Crippen molar-refractivity contribution in [3.8, 4) is 0 Å². The third-order valence-electron chi connectivity index (χ3n) is 3.09. The fourth-order valence-corrected chi connectivity index (χ4v) is 4.18. The van der Waals surface area contributed by atoms with Crippen LogP contribution in [0.3, 0.4) is 0 Å². The summed E-state index contributed by atoms with van der Waals surface area (Å²) in [4.78, 5) is 28.2. The van der Waals surface area contributed by atoms with Crippen LogP contribution in [0, 0.1) is 0 Å². The molecule has 2 rings (SSSR count). The summed E-state index contributed by atoms with van der Waals surface area (Å²) in [5.41, 5.74) is 0.883. The molecule has 1 aromatic heterocycles. The van der Waals surface area contributed by atoms with Gasteiger partial charge in [0.25, 0.3) is 0 Å². The molecule has 1 unspecified atom stereocenters. The van der Waals surface area contributed by atoms with E-state index < -0.39 is 11.2 Å². The van der Waals surface area contributed by atoms with Gasteiger partial charge in [-0.3, -0.25) is 9.59 Å². The lowest BCUT2D eigenvalue weighted by molar-refractivity contribution is -0.148. The second-order valence-corrected chi connectivity index (χ2v) is 7.34. The van der Waals surface area contributed by atoms with E-state index in [9.17, 15) is 9.59 Å². The fraction of sp³-hybridized carbons (Fsp3) is 0.438. The van der Waals surface area contributed by atoms with Crippen molar-refractivity contribution in [3.05, 3.63) is 24.3 Å². The van der Waals surface area contributed by atoms with E-state index in [0.29, 0.717) is 6.61 Å². The van der Waals surface area contributed by atoms with Crippen molar-refractivity contribution >= 4 is 45.3 Å². The number of para-hydroxylation sites is 1. The molecule has 0 saturated heterocycles. The van der Waals surface area contributed by atoms with Gasteiger partial charge in [0.2, 0.25) is 0 Å². The van der Waals surface area contributed by atoms with Gasteiger partial charge < -0.3 is 9.47 Å². The van der Waals surface area contributed by atoms with E-state index in [1.165, 1.54) is 30.2 Å². The number of nitrogens with zero attached hydrogens (tertiary/aromatic N) is 1. The number of carbonyl (C=O) groups is 2. The minimum atomic E-state index is -0.644. The van der Waals surface area contributed by atoms with Gasteiger partial charge in [-0.1, -0.05) is 37.2 Å². The lowest BCUT2D eigenvalue weighted by Gasteiger charge is -2.12. The van der Waals surface area contributed by atoms with Crippen LogP contribution in [-0.4, -0.2) is 35.9 Å². The van der Waals surface area contributed by atoms with E-state index in [1.54, 1.807) is 0 Å². The van der Waals surface area contributed by atoms with Gasteiger partial charge in [0.1, 0.15) is 5.25 Å². The first-order chi connectivity index (χ1) is 11.1. The van der Waals surface area contributed by atoms with Crippen molar-refractivity contribution in [1.29, 1.82) is 0 Å². The summed E-state index contributed by atoms with van der Waals surface area (Å²) in [6.07, 6.45) is 1.75. The maximum Gasteiger partial charge on any atom is 0.319 e. The molecule has 0 aliphatic heterocycles. The molecule has 1 heterocycles. The Hall–Kier alpha value is -1.60. The van der Waals surface area contributed by atoms with Gasteiger partial charge >= 0.3 is 11.9 Å². The molecule has 2 aromatic rings. The van der Waals surface area contributed by atoms with Gasteiger partial charge in [-0.15, -0.1) is 11.3 Å². The highest BCUT2D eigenvalue weighted by molar-refractivity contribution is 8.02. The minimum absolute atomic E-state index is 0.0169. The molecule has 1 atom stereocenters. The number of thioether (sulfide) groups is 1. The van der Waals surface area contributed by atoms with Crippen LogP contribution in [0.4, 0.5) is 0 Å². The zero-order chi connectivity index (χ0) is 16.7. The topological polar surface area (TPSA) is 65.5 Å². The summed E-state index contributed by atoms with van der Waals surface area (Å²) >= 11 is 2.74. The molecule has 0 saturated carbocycles. The summed E-state index contributed by atoms with van der Waals surface area (Å²) in [6, 6.07) is 7.75. The van der Waals surface area contributed by atoms with Crippen LogP contribution in [-0.2, 0) is 19.1 Å². The largest absolute Gasteiger partial charge is 0.468 e. The van der Waals surface area contributed by atoms with Gasteiger partial charge in [0.15, 0.2) is 4.34 Å². The molecule has 0 aliphatic rings. The van der Waals surface area contributed by atoms with Crippen molar-refractivity contribution in [2.75, 3.05) is 13.7 Å². The molecular formula is C16H19NO4S2. The molecular weight excluding hydrogens is 334 g/mol. The molecule has 0 fully saturated rings. The fourth-order valence-electron chi connectivity index (χ4n) is 1.87. The van der Waals surface area contributed by atoms with Crippen molar-refractivity contribution in [2.24, 2.45) is 0 Å². The molecule has 0 amide bonds. The molecule has 0 radical (unpaired) electrons. The van der Waals surface area contributed by atoms with E-state index in [2.05, 4.69) is 4.98 Å². The first-order valence-electron chi connectivity index (χ1n) is 7.39. The molecule has 23 heavy (non-hydrogen) atoms. The smallest absolute Gasteiger partial charge is 0.319 e. The van der Waals surface area contributed by atoms with Gasteiger partial charge in [-0.25, -0.2) is 4.98 Å². The number of ether oxygens (including phenoxy) is 2. The highest BCUT2D eigenvalue weighted by atomic mass is 32.2. The number of hydrogen-bond donors (Lipinski definition) is 0. The SMILES string of the molecule is CCCCOC(=O)CC(Sc1nc2ccccc2s1)C(=O)OC. The van der Waals surface area contributed by atoms with Crippen molar-refractivity contribution in [1.82, 2.24) is 4.98 Å². The van der Waals surface area contributed by atoms with Crippen molar-refractivity contribution < 1.29 is 19.1 Å². The number of methoxy groups -OCH3 is 1. The Labute approximate surface area is 143 Å². The molecule has 0 bridgehead atoms. The minimum Gasteiger partial charge on any atom is -0.468 e. The first-order valence-corrected chi connectivity index (χ1v) is 9.09. The standard InChI is InChI=1S/C16H19NO4S2/c1-3-4-9-21-14(18)10-13(15(19)20-2)23-16-17-11-7-5-6-8-12(11)22-16/h5-8,13H,3-4,9-10H2,1-2H3. The monoisotopic (exact) mass is 353 g/mol. The second kappa shape index (κ2) is 8.88. The highest BCUT2D eigenvalue weighted by Gasteiger charge is 2.26. The summed E-state index contributed by atoms with van der Waals surface area (Å²) in [7, 11) is 1.32. The van der Waals surface area contributed by atoms with E-state index in [-0.39, 0.29) is 12.4 Å². The number of thiazole rings is 1. The molecule has 124 valence electrons. The van der Waals surface area contributed by atoms with Crippen LogP contribution in [0.25, 0.3) is 10.2 Å². The van der Waals surface area contributed by atoms with Gasteiger partial charge in [0.05, 0.1) is 30.4 Å². The quantitative estimate of drug-likeness (QED) is 0.410. The van der Waals surface area contributed by atoms with Crippen molar-refractivity contribution in [3.63, 3.8) is 0 Å². The summed E-state index contributed by atoms with van der Waals surface area (Å²) in [5.74, 6) is -0.829. The van der Waals surface area contributed by atoms with E-state index in [0.717, 1.165) is 27.4 Å². The molecule has 0 N–H and O–H groups in total. The second-order valence-electron chi connectivity index (χ2n) is 4.86. The molecule has 7 heteroatoms. The van der Waals surface area contributed by atoms with E-state index in [1.807, 2.05) is 31.2 Å². The number of rotatable bonds is 8. The predicted octanol–water partition coefficient (Wildman–Crippen LogP) is 3.66. The Morgan fingerprint density at radius 3 is 2.83 bits per heavy atom. The van der Waals surface area contributed by atoms with Crippen LogP contribution >= 0.6 is 23.1 Å². The highest BCUT2D eigenvalue weighted by Crippen LogP contribution is 2.33. The van der Waals surface area contributed by atoms with Gasteiger partial charge in [-0.05, 0) is 18.6 Å². The number of carbonyl (C=O) groups excluding carboxylic acids is 2. The Morgan fingerprint density at radius 1 is 1.35 bits per heavy atom. The van der Waals surface area contributed by atoms with Gasteiger partial charge in [-0.2, -0.15) is 0 Å². The number of benzene rings is 1. The van der Waals surface area contributed by atoms with Crippen LogP contribution in [0.15, 0.2) is 28.6 Å². The third kappa shape index (κ3) is 5.21. The van der Waals surface area contributed by atoms with Crippen LogP contribution in [0.5, 0.6) is 0 Å². The average Bonchev–Trinajstić information content (AvgIpc) is 2.96. The Kier molecular flexibility index (Phi) is 6.85. The zero-order valence-electron chi connectivity index (χ0n) is 13.1. The third-order valence-corrected chi connectivity index (χ3v) is 5.40. The Bertz CT molecular complexity index is 638. The Balaban J connectivity index is 2.03. The first kappa shape index (κ1) is 17.7. The van der Waals surface area contributed by atoms with Crippen LogP contribution in [0.2, 0.25) is 0 Å². The number of unbranched alkanes of at least 4 members (excludes halogenated alkanes) is 1. The lowest BCUT2D eigenvalue weighted by Crippen LogP contribution is -2.23. The number of hydrogen-bond acceptors (Lipinski definition) is 7. The number of fused-ring (bicyclic) bond motifs is 1. The maximum atomic E-state index is 11.9. The molecule has 0 aliphatic carbocycles. The normalized spacial score (nSPS) is 12.1. The molecule has 0 spiro atoms. The lowest BCUT2D eigenvalue weighted by atomic mass is 10.3. The molecule has 1 aromatic carbocycles. The van der Waals surface area contributed by atoms with Gasteiger partial charge in [0, 0.05) is 0 Å². The maximum absolute atomic E-state index is 11.9. The summed E-state index contributed by atoms with van der Waals surface area (Å²) < 4.78 is 11.7. The predicted molar refractivity (Wildman–Crippen MR) is 91.8 cm³/mol.